The molecule has 0 atom stereocenters. The first kappa shape index (κ1) is 29.0. The Morgan fingerprint density at radius 2 is 0.980 bits per heavy atom. The number of fused-ring (bicyclic) bond motifs is 6. The number of oxazole rings is 1. The van der Waals surface area contributed by atoms with E-state index < -0.39 is 0 Å². The lowest BCUT2D eigenvalue weighted by Crippen LogP contribution is -2.10. The lowest BCUT2D eigenvalue weighted by Gasteiger charge is -2.28. The van der Waals surface area contributed by atoms with E-state index in [1.807, 2.05) is 42.5 Å². The van der Waals surface area contributed by atoms with Gasteiger partial charge in [0.25, 0.3) is 0 Å². The maximum atomic E-state index is 6.42. The highest BCUT2D eigenvalue weighted by atomic mass is 16.4. The zero-order chi connectivity index (χ0) is 33.7. The molecule has 0 spiro atoms. The minimum absolute atomic E-state index is 0.591. The van der Waals surface area contributed by atoms with Gasteiger partial charge in [-0.1, -0.05) is 121 Å². The highest BCUT2D eigenvalue weighted by molar-refractivity contribution is 6.18. The number of aromatic nitrogens is 1. The van der Waals surface area contributed by atoms with Crippen molar-refractivity contribution < 1.29 is 8.83 Å². The van der Waals surface area contributed by atoms with Crippen LogP contribution in [0.3, 0.4) is 0 Å². The average molecular weight is 655 g/mol. The lowest BCUT2D eigenvalue weighted by molar-refractivity contribution is 0.619. The van der Waals surface area contributed by atoms with Gasteiger partial charge in [0.2, 0.25) is 5.89 Å². The van der Waals surface area contributed by atoms with E-state index in [0.29, 0.717) is 5.89 Å². The second-order valence-electron chi connectivity index (χ2n) is 12.7. The predicted octanol–water partition coefficient (Wildman–Crippen LogP) is 13.4. The predicted molar refractivity (Wildman–Crippen MR) is 210 cm³/mol. The molecule has 240 valence electrons. The number of anilines is 3. The molecule has 0 fully saturated rings. The van der Waals surface area contributed by atoms with Crippen molar-refractivity contribution in [2.24, 2.45) is 0 Å². The van der Waals surface area contributed by atoms with E-state index in [0.717, 1.165) is 61.1 Å². The second kappa shape index (κ2) is 11.9. The van der Waals surface area contributed by atoms with Crippen LogP contribution >= 0.6 is 0 Å². The fourth-order valence-electron chi connectivity index (χ4n) is 7.29. The Bertz CT molecular complexity index is 2840. The zero-order valence-electron chi connectivity index (χ0n) is 27.5. The Morgan fingerprint density at radius 3 is 1.73 bits per heavy atom. The van der Waals surface area contributed by atoms with Gasteiger partial charge in [-0.2, -0.15) is 0 Å². The van der Waals surface area contributed by atoms with Gasteiger partial charge in [-0.05, 0) is 88.3 Å². The largest absolute Gasteiger partial charge is 0.456 e. The van der Waals surface area contributed by atoms with Crippen molar-refractivity contribution in [3.05, 3.63) is 182 Å². The molecule has 8 aromatic carbocycles. The van der Waals surface area contributed by atoms with E-state index in [-0.39, 0.29) is 0 Å². The molecule has 0 unspecified atom stereocenters. The minimum atomic E-state index is 0.591. The van der Waals surface area contributed by atoms with Crippen LogP contribution in [0.15, 0.2) is 191 Å². The van der Waals surface area contributed by atoms with E-state index >= 15 is 0 Å². The first-order valence-electron chi connectivity index (χ1n) is 17.1. The Morgan fingerprint density at radius 1 is 0.392 bits per heavy atom. The van der Waals surface area contributed by atoms with Gasteiger partial charge < -0.3 is 13.7 Å². The molecule has 0 aliphatic heterocycles. The van der Waals surface area contributed by atoms with Crippen LogP contribution in [0.5, 0.6) is 0 Å². The molecule has 0 N–H and O–H groups in total. The third kappa shape index (κ3) is 4.96. The molecule has 0 radical (unpaired) electrons. The van der Waals surface area contributed by atoms with Crippen molar-refractivity contribution in [1.82, 2.24) is 4.98 Å². The summed E-state index contributed by atoms with van der Waals surface area (Å²) in [6, 6.07) is 63.5. The molecule has 2 aromatic heterocycles. The molecule has 10 rings (SSSR count). The number of furan rings is 1. The molecule has 0 aliphatic rings. The van der Waals surface area contributed by atoms with E-state index in [9.17, 15) is 0 Å². The van der Waals surface area contributed by atoms with E-state index in [2.05, 4.69) is 144 Å². The van der Waals surface area contributed by atoms with Crippen molar-refractivity contribution >= 4 is 60.9 Å². The second-order valence-corrected chi connectivity index (χ2v) is 12.7. The monoisotopic (exact) mass is 654 g/mol. The molecule has 0 saturated carbocycles. The van der Waals surface area contributed by atoms with E-state index in [1.54, 1.807) is 0 Å². The summed E-state index contributed by atoms with van der Waals surface area (Å²) in [6.07, 6.45) is 0. The molecule has 0 saturated heterocycles. The molecular formula is C47H30N2O2. The minimum Gasteiger partial charge on any atom is -0.456 e. The third-order valence-electron chi connectivity index (χ3n) is 9.71. The highest BCUT2D eigenvalue weighted by Crippen LogP contribution is 2.45. The van der Waals surface area contributed by atoms with Crippen LogP contribution in [-0.4, -0.2) is 4.98 Å². The van der Waals surface area contributed by atoms with Crippen molar-refractivity contribution in [2.45, 2.75) is 0 Å². The van der Waals surface area contributed by atoms with Crippen LogP contribution in [-0.2, 0) is 0 Å². The SMILES string of the molecule is c1ccc(-c2ccc(N(c3ccc4oc5ccc6oc(-c7ccccc7)nc6c5c4c3)c3ccc(-c4ccccc4)c4ccccc34)cc2)cc1. The standard InChI is InChI=1S/C47H30N2O2/c1-4-12-31(13-5-1)32-20-22-35(23-21-32)49(41-26-25-37(33-14-6-2-7-15-33)38-18-10-11-19-39(38)41)36-24-27-42-40(30-36)45-43(50-42)28-29-44-46(45)48-47(51-44)34-16-8-3-9-17-34/h1-30H. The zero-order valence-corrected chi connectivity index (χ0v) is 27.5. The fraction of sp³-hybridized carbons (Fsp3) is 0. The maximum absolute atomic E-state index is 6.42. The van der Waals surface area contributed by atoms with Gasteiger partial charge in [0.1, 0.15) is 16.7 Å². The summed E-state index contributed by atoms with van der Waals surface area (Å²) in [5.74, 6) is 0.591. The van der Waals surface area contributed by atoms with Crippen LogP contribution in [0.1, 0.15) is 0 Å². The molecule has 4 heteroatoms. The van der Waals surface area contributed by atoms with Gasteiger partial charge in [-0.15, -0.1) is 0 Å². The lowest BCUT2D eigenvalue weighted by atomic mass is 9.96. The summed E-state index contributed by atoms with van der Waals surface area (Å²) in [6.45, 7) is 0. The Balaban J connectivity index is 1.19. The Kier molecular flexibility index (Phi) is 6.78. The van der Waals surface area contributed by atoms with Crippen LogP contribution < -0.4 is 4.90 Å². The molecule has 4 nitrogen and oxygen atoms in total. The average Bonchev–Trinajstić information content (AvgIpc) is 3.81. The van der Waals surface area contributed by atoms with Gasteiger partial charge in [-0.25, -0.2) is 4.98 Å². The van der Waals surface area contributed by atoms with E-state index in [1.165, 1.54) is 27.6 Å². The normalized spacial score (nSPS) is 11.5. The van der Waals surface area contributed by atoms with Crippen LogP contribution in [0.4, 0.5) is 17.1 Å². The summed E-state index contributed by atoms with van der Waals surface area (Å²) in [4.78, 5) is 7.35. The third-order valence-corrected chi connectivity index (χ3v) is 9.71. The number of nitrogens with zero attached hydrogens (tertiary/aromatic N) is 2. The fourth-order valence-corrected chi connectivity index (χ4v) is 7.29. The first-order valence-corrected chi connectivity index (χ1v) is 17.1. The molecule has 0 amide bonds. The Hall–Kier alpha value is -6.91. The summed E-state index contributed by atoms with van der Waals surface area (Å²) in [7, 11) is 0. The van der Waals surface area contributed by atoms with Crippen molar-refractivity contribution in [3.63, 3.8) is 0 Å². The topological polar surface area (TPSA) is 42.4 Å². The van der Waals surface area contributed by atoms with E-state index in [4.69, 9.17) is 13.8 Å². The summed E-state index contributed by atoms with van der Waals surface area (Å²) < 4.78 is 12.7. The summed E-state index contributed by atoms with van der Waals surface area (Å²) >= 11 is 0. The number of hydrogen-bond donors (Lipinski definition) is 0. The molecule has 51 heavy (non-hydrogen) atoms. The summed E-state index contributed by atoms with van der Waals surface area (Å²) in [5, 5.41) is 4.28. The molecule has 0 aliphatic carbocycles. The van der Waals surface area contributed by atoms with Crippen molar-refractivity contribution in [1.29, 1.82) is 0 Å². The first-order chi connectivity index (χ1) is 25.3. The van der Waals surface area contributed by atoms with Gasteiger partial charge >= 0.3 is 0 Å². The van der Waals surface area contributed by atoms with Crippen molar-refractivity contribution in [2.75, 3.05) is 4.90 Å². The smallest absolute Gasteiger partial charge is 0.227 e. The molecule has 0 bridgehead atoms. The quantitative estimate of drug-likeness (QED) is 0.179. The van der Waals surface area contributed by atoms with Crippen LogP contribution in [0, 0.1) is 0 Å². The number of benzene rings is 8. The molecule has 2 heterocycles. The summed E-state index contributed by atoms with van der Waals surface area (Å²) in [5.41, 5.74) is 11.9. The maximum Gasteiger partial charge on any atom is 0.227 e. The Labute approximate surface area is 294 Å². The molecular weight excluding hydrogens is 625 g/mol. The van der Waals surface area contributed by atoms with Crippen molar-refractivity contribution in [3.8, 4) is 33.7 Å². The highest BCUT2D eigenvalue weighted by Gasteiger charge is 2.21. The number of hydrogen-bond acceptors (Lipinski definition) is 4. The van der Waals surface area contributed by atoms with Gasteiger partial charge in [0.15, 0.2) is 5.58 Å². The van der Waals surface area contributed by atoms with Gasteiger partial charge in [0.05, 0.1) is 11.1 Å². The van der Waals surface area contributed by atoms with Gasteiger partial charge in [0, 0.05) is 27.7 Å². The number of rotatable bonds is 6. The van der Waals surface area contributed by atoms with Crippen LogP contribution in [0.2, 0.25) is 0 Å². The van der Waals surface area contributed by atoms with Crippen LogP contribution in [0.25, 0.3) is 77.5 Å². The molecule has 10 aromatic rings. The van der Waals surface area contributed by atoms with Gasteiger partial charge in [-0.3, -0.25) is 0 Å².